The van der Waals surface area contributed by atoms with Gasteiger partial charge in [-0.3, -0.25) is 9.69 Å². The fourth-order valence-corrected chi connectivity index (χ4v) is 5.15. The van der Waals surface area contributed by atoms with E-state index in [-0.39, 0.29) is 40.9 Å². The van der Waals surface area contributed by atoms with Gasteiger partial charge in [-0.1, -0.05) is 6.07 Å². The summed E-state index contributed by atoms with van der Waals surface area (Å²) in [4.78, 5) is 14.9. The molecule has 1 aliphatic carbocycles. The van der Waals surface area contributed by atoms with E-state index in [1.54, 1.807) is 6.07 Å². The first kappa shape index (κ1) is 33.4. The van der Waals surface area contributed by atoms with Gasteiger partial charge in [0.1, 0.15) is 17.2 Å². The van der Waals surface area contributed by atoms with Crippen LogP contribution in [-0.2, 0) is 4.74 Å². The van der Waals surface area contributed by atoms with E-state index in [4.69, 9.17) is 21.7 Å². The number of rotatable bonds is 10. The van der Waals surface area contributed by atoms with Crippen molar-refractivity contribution in [2.75, 3.05) is 44.7 Å². The lowest BCUT2D eigenvalue weighted by molar-refractivity contribution is -0.275. The number of benzene rings is 2. The largest absolute Gasteiger partial charge is 0.573 e. The van der Waals surface area contributed by atoms with Crippen molar-refractivity contribution >= 4 is 28.9 Å². The van der Waals surface area contributed by atoms with Crippen LogP contribution in [0.5, 0.6) is 17.2 Å². The minimum atomic E-state index is -4.98. The Morgan fingerprint density at radius 3 is 2.32 bits per heavy atom. The Hall–Kier alpha value is -3.50. The van der Waals surface area contributed by atoms with Gasteiger partial charge in [-0.25, -0.2) is 0 Å². The molecule has 0 radical (unpaired) electrons. The summed E-state index contributed by atoms with van der Waals surface area (Å²) < 4.78 is 95.8. The number of thiocarbonyl (C=S) groups is 1. The highest BCUT2D eigenvalue weighted by Gasteiger charge is 2.34. The summed E-state index contributed by atoms with van der Waals surface area (Å²) in [5, 5.41) is 8.85. The summed E-state index contributed by atoms with van der Waals surface area (Å²) in [6, 6.07) is 8.89. The molecule has 2 fully saturated rings. The molecule has 44 heavy (non-hydrogen) atoms. The molecule has 242 valence electrons. The quantitative estimate of drug-likeness (QED) is 0.237. The minimum absolute atomic E-state index is 0.0418. The van der Waals surface area contributed by atoms with E-state index in [1.807, 2.05) is 0 Å². The van der Waals surface area contributed by atoms with Crippen LogP contribution in [0.2, 0.25) is 0 Å². The average Bonchev–Trinajstić information content (AvgIpc) is 2.94. The molecule has 0 unspecified atom stereocenters. The molecule has 2 aromatic carbocycles. The van der Waals surface area contributed by atoms with E-state index >= 15 is 0 Å². The predicted octanol–water partition coefficient (Wildman–Crippen LogP) is 5.22. The lowest BCUT2D eigenvalue weighted by Crippen LogP contribution is -2.41. The number of hydrogen-bond donors (Lipinski definition) is 3. The number of carbonyl (C=O) groups excluding carboxylic acids is 1. The Bertz CT molecular complexity index is 1270. The lowest BCUT2D eigenvalue weighted by Gasteiger charge is -2.30. The van der Waals surface area contributed by atoms with Crippen molar-refractivity contribution in [3.8, 4) is 17.2 Å². The van der Waals surface area contributed by atoms with Gasteiger partial charge < -0.3 is 34.9 Å². The van der Waals surface area contributed by atoms with E-state index in [0.717, 1.165) is 6.07 Å². The van der Waals surface area contributed by atoms with E-state index in [1.165, 1.54) is 30.3 Å². The molecule has 1 aliphatic heterocycles. The summed E-state index contributed by atoms with van der Waals surface area (Å²) in [5.41, 5.74) is 0.0263. The number of morpholine rings is 1. The normalized spacial score (nSPS) is 19.5. The van der Waals surface area contributed by atoms with Crippen LogP contribution in [0.15, 0.2) is 42.5 Å². The third-order valence-corrected chi connectivity index (χ3v) is 7.10. The number of anilines is 1. The summed E-state index contributed by atoms with van der Waals surface area (Å²) in [6.45, 7) is 3.33. The van der Waals surface area contributed by atoms with Gasteiger partial charge in [-0.15, -0.1) is 26.3 Å². The zero-order valence-corrected chi connectivity index (χ0v) is 24.2. The smallest absolute Gasteiger partial charge is 0.490 e. The SMILES string of the molecule is O=C(NCCN1CCOCC1)c1cc(OC2CCC(NC(=S)Nc3cccc(OC(F)(F)F)c3)CC2)ccc1OC(F)(F)F. The molecule has 0 aromatic heterocycles. The van der Waals surface area contributed by atoms with Gasteiger partial charge in [0, 0.05) is 44.0 Å². The van der Waals surface area contributed by atoms with Crippen LogP contribution < -0.4 is 30.2 Å². The molecule has 2 aliphatic rings. The first-order valence-corrected chi connectivity index (χ1v) is 14.3. The molecule has 0 spiro atoms. The summed E-state index contributed by atoms with van der Waals surface area (Å²) in [6.07, 6.45) is -7.63. The van der Waals surface area contributed by atoms with Crippen molar-refractivity contribution in [2.24, 2.45) is 0 Å². The Labute approximate surface area is 255 Å². The van der Waals surface area contributed by atoms with Gasteiger partial charge in [-0.2, -0.15) is 0 Å². The highest BCUT2D eigenvalue weighted by Crippen LogP contribution is 2.32. The highest BCUT2D eigenvalue weighted by atomic mass is 32.1. The monoisotopic (exact) mass is 650 g/mol. The van der Waals surface area contributed by atoms with Crippen LogP contribution in [-0.4, -0.2) is 80.2 Å². The van der Waals surface area contributed by atoms with Gasteiger partial charge in [-0.05, 0) is 68.2 Å². The molecular formula is C28H32F6N4O5S. The van der Waals surface area contributed by atoms with Crippen molar-refractivity contribution < 1.29 is 50.1 Å². The number of ether oxygens (including phenoxy) is 4. The third-order valence-electron chi connectivity index (χ3n) is 6.88. The maximum Gasteiger partial charge on any atom is 0.573 e. The van der Waals surface area contributed by atoms with E-state index in [9.17, 15) is 31.1 Å². The van der Waals surface area contributed by atoms with Crippen LogP contribution in [0, 0.1) is 0 Å². The molecule has 1 amide bonds. The van der Waals surface area contributed by atoms with Gasteiger partial charge in [0.2, 0.25) is 0 Å². The summed E-state index contributed by atoms with van der Waals surface area (Å²) in [5.74, 6) is -1.49. The highest BCUT2D eigenvalue weighted by molar-refractivity contribution is 7.80. The summed E-state index contributed by atoms with van der Waals surface area (Å²) >= 11 is 5.31. The fourth-order valence-electron chi connectivity index (χ4n) is 4.86. The van der Waals surface area contributed by atoms with E-state index < -0.39 is 24.4 Å². The number of nitrogens with zero attached hydrogens (tertiary/aromatic N) is 1. The molecule has 1 saturated carbocycles. The Balaban J connectivity index is 1.28. The number of halogens is 6. The molecule has 0 bridgehead atoms. The molecule has 4 rings (SSSR count). The van der Waals surface area contributed by atoms with Gasteiger partial charge in [0.25, 0.3) is 5.91 Å². The van der Waals surface area contributed by atoms with Crippen LogP contribution >= 0.6 is 12.2 Å². The van der Waals surface area contributed by atoms with Crippen LogP contribution in [0.1, 0.15) is 36.0 Å². The van der Waals surface area contributed by atoms with E-state index in [0.29, 0.717) is 64.2 Å². The molecule has 0 atom stereocenters. The number of carbonyl (C=O) groups is 1. The Morgan fingerprint density at radius 2 is 1.64 bits per heavy atom. The standard InChI is InChI=1S/C28H32F6N4O5S/c29-27(30,31)42-22-3-1-2-19(16-22)37-26(44)36-18-4-6-20(7-5-18)41-21-8-9-24(43-28(32,33)34)23(17-21)25(39)35-10-11-38-12-14-40-15-13-38/h1-3,8-9,16-18,20H,4-7,10-15H2,(H,35,39)(H2,36,37,44). The number of alkyl halides is 6. The van der Waals surface area contributed by atoms with Gasteiger partial charge >= 0.3 is 12.7 Å². The zero-order chi connectivity index (χ0) is 31.7. The molecule has 3 N–H and O–H groups in total. The van der Waals surface area contributed by atoms with Gasteiger partial charge in [0.05, 0.1) is 24.9 Å². The number of amides is 1. The molecule has 16 heteroatoms. The summed E-state index contributed by atoms with van der Waals surface area (Å²) in [7, 11) is 0. The molecule has 1 heterocycles. The Kier molecular flexibility index (Phi) is 11.4. The maximum absolute atomic E-state index is 13.0. The Morgan fingerprint density at radius 1 is 0.932 bits per heavy atom. The third kappa shape index (κ3) is 11.2. The predicted molar refractivity (Wildman–Crippen MR) is 152 cm³/mol. The molecule has 1 saturated heterocycles. The van der Waals surface area contributed by atoms with Crippen LogP contribution in [0.4, 0.5) is 32.0 Å². The van der Waals surface area contributed by atoms with Crippen molar-refractivity contribution in [3.63, 3.8) is 0 Å². The van der Waals surface area contributed by atoms with Crippen molar-refractivity contribution in [1.82, 2.24) is 15.5 Å². The lowest BCUT2D eigenvalue weighted by atomic mass is 9.93. The van der Waals surface area contributed by atoms with Crippen LogP contribution in [0.25, 0.3) is 0 Å². The minimum Gasteiger partial charge on any atom is -0.490 e. The van der Waals surface area contributed by atoms with E-state index in [2.05, 4.69) is 30.3 Å². The first-order valence-electron chi connectivity index (χ1n) is 13.9. The van der Waals surface area contributed by atoms with Crippen LogP contribution in [0.3, 0.4) is 0 Å². The van der Waals surface area contributed by atoms with Crippen molar-refractivity contribution in [2.45, 2.75) is 50.6 Å². The van der Waals surface area contributed by atoms with Crippen molar-refractivity contribution in [3.05, 3.63) is 48.0 Å². The first-order chi connectivity index (χ1) is 20.8. The molecular weight excluding hydrogens is 618 g/mol. The maximum atomic E-state index is 13.0. The second-order valence-electron chi connectivity index (χ2n) is 10.2. The van der Waals surface area contributed by atoms with Crippen molar-refractivity contribution in [1.29, 1.82) is 0 Å². The molecule has 9 nitrogen and oxygen atoms in total. The number of hydrogen-bond acceptors (Lipinski definition) is 7. The second kappa shape index (κ2) is 15.0. The topological polar surface area (TPSA) is 93.3 Å². The number of nitrogens with one attached hydrogen (secondary N) is 3. The molecule has 2 aromatic rings. The second-order valence-corrected chi connectivity index (χ2v) is 10.6. The average molecular weight is 651 g/mol. The zero-order valence-electron chi connectivity index (χ0n) is 23.4. The fraction of sp³-hybridized carbons (Fsp3) is 0.500. The van der Waals surface area contributed by atoms with Gasteiger partial charge in [0.15, 0.2) is 5.11 Å².